The first-order chi connectivity index (χ1) is 5.83. The van der Waals surface area contributed by atoms with Crippen molar-refractivity contribution in [2.75, 3.05) is 19.8 Å². The number of ether oxygens (including phenoxy) is 2. The summed E-state index contributed by atoms with van der Waals surface area (Å²) in [4.78, 5) is 10.7. The van der Waals surface area contributed by atoms with Gasteiger partial charge in [0.2, 0.25) is 0 Å². The van der Waals surface area contributed by atoms with Crippen molar-refractivity contribution in [2.45, 2.75) is 25.4 Å². The van der Waals surface area contributed by atoms with Crippen LogP contribution in [0.15, 0.2) is 0 Å². The number of rotatable bonds is 3. The van der Waals surface area contributed by atoms with Gasteiger partial charge in [-0.3, -0.25) is 4.79 Å². The Morgan fingerprint density at radius 2 is 2.42 bits per heavy atom. The fourth-order valence-electron chi connectivity index (χ4n) is 1.18. The van der Waals surface area contributed by atoms with Gasteiger partial charge in [-0.1, -0.05) is 0 Å². The van der Waals surface area contributed by atoms with E-state index in [1.54, 1.807) is 0 Å². The molecule has 4 heteroatoms. The molecule has 0 saturated carbocycles. The summed E-state index contributed by atoms with van der Waals surface area (Å²) in [7, 11) is 0. The van der Waals surface area contributed by atoms with E-state index in [1.807, 2.05) is 0 Å². The van der Waals surface area contributed by atoms with E-state index in [2.05, 4.69) is 0 Å². The Bertz CT molecular complexity index is 143. The second-order valence-electron chi connectivity index (χ2n) is 2.88. The summed E-state index contributed by atoms with van der Waals surface area (Å²) in [5.41, 5.74) is 5.07. The Morgan fingerprint density at radius 3 is 3.00 bits per heavy atom. The molecule has 0 aromatic rings. The third-order valence-electron chi connectivity index (χ3n) is 1.87. The lowest BCUT2D eigenvalue weighted by atomic mass is 10.1. The Labute approximate surface area is 72.0 Å². The fraction of sp³-hybridized carbons (Fsp3) is 0.875. The fourth-order valence-corrected chi connectivity index (χ4v) is 1.18. The summed E-state index contributed by atoms with van der Waals surface area (Å²) < 4.78 is 10.2. The van der Waals surface area contributed by atoms with Crippen molar-refractivity contribution in [3.63, 3.8) is 0 Å². The standard InChI is InChI=1S/C8H15NO3/c9-5-8(10)12-6-7-3-1-2-4-11-7/h7H,1-6,9H2. The van der Waals surface area contributed by atoms with E-state index in [0.717, 1.165) is 25.9 Å². The van der Waals surface area contributed by atoms with Crippen LogP contribution in [0.4, 0.5) is 0 Å². The highest BCUT2D eigenvalue weighted by atomic mass is 16.6. The second-order valence-corrected chi connectivity index (χ2v) is 2.88. The molecule has 0 aromatic carbocycles. The molecular formula is C8H15NO3. The number of esters is 1. The molecule has 0 aliphatic carbocycles. The van der Waals surface area contributed by atoms with E-state index in [0.29, 0.717) is 6.61 Å². The van der Waals surface area contributed by atoms with Crippen molar-refractivity contribution >= 4 is 5.97 Å². The van der Waals surface area contributed by atoms with Crippen molar-refractivity contribution in [1.82, 2.24) is 0 Å². The average molecular weight is 173 g/mol. The zero-order chi connectivity index (χ0) is 8.81. The van der Waals surface area contributed by atoms with E-state index in [9.17, 15) is 4.79 Å². The van der Waals surface area contributed by atoms with Gasteiger partial charge in [-0.2, -0.15) is 0 Å². The monoisotopic (exact) mass is 173 g/mol. The van der Waals surface area contributed by atoms with E-state index in [1.165, 1.54) is 0 Å². The van der Waals surface area contributed by atoms with Gasteiger partial charge in [0.1, 0.15) is 6.61 Å². The maximum Gasteiger partial charge on any atom is 0.319 e. The molecule has 4 nitrogen and oxygen atoms in total. The van der Waals surface area contributed by atoms with Crippen LogP contribution < -0.4 is 5.73 Å². The Hall–Kier alpha value is -0.610. The molecule has 0 aromatic heterocycles. The number of carbonyl (C=O) groups excluding carboxylic acids is 1. The first-order valence-corrected chi connectivity index (χ1v) is 4.30. The molecule has 1 fully saturated rings. The van der Waals surface area contributed by atoms with Gasteiger partial charge >= 0.3 is 5.97 Å². The van der Waals surface area contributed by atoms with Gasteiger partial charge in [0.05, 0.1) is 12.6 Å². The minimum absolute atomic E-state index is 0.0489. The molecule has 2 N–H and O–H groups in total. The Kier molecular flexibility index (Phi) is 4.04. The first kappa shape index (κ1) is 9.48. The van der Waals surface area contributed by atoms with Gasteiger partial charge in [0, 0.05) is 6.61 Å². The van der Waals surface area contributed by atoms with E-state index in [-0.39, 0.29) is 18.6 Å². The maximum atomic E-state index is 10.7. The lowest BCUT2D eigenvalue weighted by Gasteiger charge is -2.21. The van der Waals surface area contributed by atoms with Gasteiger partial charge in [-0.05, 0) is 19.3 Å². The highest BCUT2D eigenvalue weighted by Gasteiger charge is 2.15. The number of nitrogens with two attached hydrogens (primary N) is 1. The van der Waals surface area contributed by atoms with Crippen molar-refractivity contribution in [3.05, 3.63) is 0 Å². The molecule has 1 heterocycles. The summed E-state index contributed by atoms with van der Waals surface area (Å²) in [6.07, 6.45) is 3.35. The van der Waals surface area contributed by atoms with Crippen LogP contribution in [0.5, 0.6) is 0 Å². The summed E-state index contributed by atoms with van der Waals surface area (Å²) >= 11 is 0. The topological polar surface area (TPSA) is 61.6 Å². The molecule has 0 amide bonds. The van der Waals surface area contributed by atoms with Crippen LogP contribution in [-0.2, 0) is 14.3 Å². The van der Waals surface area contributed by atoms with Gasteiger partial charge in [0.25, 0.3) is 0 Å². The molecule has 1 unspecified atom stereocenters. The highest BCUT2D eigenvalue weighted by Crippen LogP contribution is 2.12. The smallest absolute Gasteiger partial charge is 0.319 e. The van der Waals surface area contributed by atoms with E-state index < -0.39 is 0 Å². The molecule has 1 atom stereocenters. The molecule has 1 rings (SSSR count). The average Bonchev–Trinajstić information content (AvgIpc) is 2.16. The largest absolute Gasteiger partial charge is 0.462 e. The molecular weight excluding hydrogens is 158 g/mol. The van der Waals surface area contributed by atoms with Crippen LogP contribution in [0, 0.1) is 0 Å². The Morgan fingerprint density at radius 1 is 1.58 bits per heavy atom. The summed E-state index contributed by atoms with van der Waals surface area (Å²) in [5.74, 6) is -0.357. The van der Waals surface area contributed by atoms with Gasteiger partial charge in [-0.25, -0.2) is 0 Å². The minimum Gasteiger partial charge on any atom is -0.462 e. The maximum absolute atomic E-state index is 10.7. The molecule has 12 heavy (non-hydrogen) atoms. The molecule has 0 radical (unpaired) electrons. The van der Waals surface area contributed by atoms with Gasteiger partial charge in [-0.15, -0.1) is 0 Å². The summed E-state index contributed by atoms with van der Waals surface area (Å²) in [6.45, 7) is 1.09. The van der Waals surface area contributed by atoms with Gasteiger partial charge in [0.15, 0.2) is 0 Å². The van der Waals surface area contributed by atoms with Crippen LogP contribution in [0.1, 0.15) is 19.3 Å². The normalized spacial score (nSPS) is 23.6. The zero-order valence-electron chi connectivity index (χ0n) is 7.12. The quantitative estimate of drug-likeness (QED) is 0.613. The van der Waals surface area contributed by atoms with Crippen molar-refractivity contribution in [2.24, 2.45) is 5.73 Å². The number of carbonyl (C=O) groups is 1. The predicted molar refractivity (Wildman–Crippen MR) is 43.6 cm³/mol. The lowest BCUT2D eigenvalue weighted by molar-refractivity contribution is -0.147. The number of hydrogen-bond donors (Lipinski definition) is 1. The van der Waals surface area contributed by atoms with Crippen molar-refractivity contribution in [3.8, 4) is 0 Å². The van der Waals surface area contributed by atoms with Gasteiger partial charge < -0.3 is 15.2 Å². The predicted octanol–water partition coefficient (Wildman–Crippen LogP) is 0.0574. The lowest BCUT2D eigenvalue weighted by Crippen LogP contribution is -2.28. The minimum atomic E-state index is -0.357. The van der Waals surface area contributed by atoms with Crippen LogP contribution in [0.2, 0.25) is 0 Å². The highest BCUT2D eigenvalue weighted by molar-refractivity contribution is 5.71. The molecule has 0 bridgehead atoms. The molecule has 70 valence electrons. The summed E-state index contributed by atoms with van der Waals surface area (Å²) in [6, 6.07) is 0. The van der Waals surface area contributed by atoms with Crippen molar-refractivity contribution in [1.29, 1.82) is 0 Å². The third-order valence-corrected chi connectivity index (χ3v) is 1.87. The van der Waals surface area contributed by atoms with E-state index in [4.69, 9.17) is 15.2 Å². The van der Waals surface area contributed by atoms with Crippen molar-refractivity contribution < 1.29 is 14.3 Å². The SMILES string of the molecule is NCC(=O)OCC1CCCCO1. The molecule has 0 spiro atoms. The van der Waals surface area contributed by atoms with Crippen LogP contribution in [0.3, 0.4) is 0 Å². The summed E-state index contributed by atoms with van der Waals surface area (Å²) in [5, 5.41) is 0. The zero-order valence-corrected chi connectivity index (χ0v) is 7.12. The van der Waals surface area contributed by atoms with Crippen LogP contribution in [0.25, 0.3) is 0 Å². The van der Waals surface area contributed by atoms with Crippen LogP contribution in [-0.4, -0.2) is 31.8 Å². The molecule has 1 aliphatic rings. The molecule has 1 saturated heterocycles. The number of hydrogen-bond acceptors (Lipinski definition) is 4. The van der Waals surface area contributed by atoms with Crippen LogP contribution >= 0.6 is 0 Å². The Balaban J connectivity index is 2.09. The van der Waals surface area contributed by atoms with E-state index >= 15 is 0 Å². The first-order valence-electron chi connectivity index (χ1n) is 4.30. The molecule has 1 aliphatic heterocycles. The second kappa shape index (κ2) is 5.11. The third kappa shape index (κ3) is 3.19.